The number of aromatic nitrogens is 1. The molecule has 0 atom stereocenters. The number of nitrogens with two attached hydrogens (primary N) is 1. The van der Waals surface area contributed by atoms with Gasteiger partial charge in [-0.25, -0.2) is 4.98 Å². The van der Waals surface area contributed by atoms with Crippen LogP contribution < -0.4 is 19.9 Å². The van der Waals surface area contributed by atoms with Gasteiger partial charge in [-0.1, -0.05) is 11.6 Å². The van der Waals surface area contributed by atoms with Crippen LogP contribution >= 0.6 is 11.6 Å². The van der Waals surface area contributed by atoms with Gasteiger partial charge >= 0.3 is 0 Å². The maximum absolute atomic E-state index is 6.02. The van der Waals surface area contributed by atoms with Crippen molar-refractivity contribution in [3.8, 4) is 17.4 Å². The summed E-state index contributed by atoms with van der Waals surface area (Å²) in [7, 11) is 4.46. The highest BCUT2D eigenvalue weighted by Gasteiger charge is 2.20. The van der Waals surface area contributed by atoms with Crippen LogP contribution in [0.1, 0.15) is 5.69 Å². The number of rotatable bonds is 4. The molecule has 0 saturated carbocycles. The molecule has 0 fully saturated rings. The van der Waals surface area contributed by atoms with Crippen LogP contribution in [-0.4, -0.2) is 26.3 Å². The number of nitrogens with zero attached hydrogens (tertiary/aromatic N) is 1. The normalized spacial score (nSPS) is 9.93. The van der Waals surface area contributed by atoms with E-state index in [1.54, 1.807) is 0 Å². The van der Waals surface area contributed by atoms with E-state index >= 15 is 0 Å². The molecule has 84 valence electrons. The van der Waals surface area contributed by atoms with Crippen molar-refractivity contribution in [1.29, 1.82) is 0 Å². The number of hydrogen-bond donors (Lipinski definition) is 1. The first-order valence-electron chi connectivity index (χ1n) is 4.24. The summed E-state index contributed by atoms with van der Waals surface area (Å²) in [6.45, 7) is 0.204. The zero-order valence-corrected chi connectivity index (χ0v) is 9.59. The Balaban J connectivity index is 3.43. The molecule has 0 amide bonds. The monoisotopic (exact) mass is 232 g/mol. The van der Waals surface area contributed by atoms with E-state index in [0.29, 0.717) is 28.1 Å². The average Bonchev–Trinajstić information content (AvgIpc) is 2.28. The molecule has 0 aliphatic heterocycles. The first kappa shape index (κ1) is 11.9. The molecule has 0 aliphatic carbocycles. The number of pyridine rings is 1. The molecule has 0 spiro atoms. The number of halogens is 1. The SMILES string of the molecule is COc1nc(CN)c(Cl)c(OC)c1OC. The topological polar surface area (TPSA) is 66.6 Å². The van der Waals surface area contributed by atoms with Crippen molar-refractivity contribution in [2.24, 2.45) is 5.73 Å². The fraction of sp³-hybridized carbons (Fsp3) is 0.444. The Labute approximate surface area is 93.1 Å². The molecule has 0 radical (unpaired) electrons. The number of ether oxygens (including phenoxy) is 3. The van der Waals surface area contributed by atoms with Gasteiger partial charge in [0, 0.05) is 6.54 Å². The Kier molecular flexibility index (Phi) is 3.99. The second-order valence-electron chi connectivity index (χ2n) is 2.65. The van der Waals surface area contributed by atoms with Crippen molar-refractivity contribution in [2.45, 2.75) is 6.54 Å². The smallest absolute Gasteiger partial charge is 0.261 e. The van der Waals surface area contributed by atoms with Crippen molar-refractivity contribution in [2.75, 3.05) is 21.3 Å². The van der Waals surface area contributed by atoms with Gasteiger partial charge in [-0.3, -0.25) is 0 Å². The molecule has 0 bridgehead atoms. The lowest BCUT2D eigenvalue weighted by molar-refractivity contribution is 0.315. The molecular formula is C9H13ClN2O3. The second-order valence-corrected chi connectivity index (χ2v) is 3.03. The van der Waals surface area contributed by atoms with Gasteiger partial charge in [0.2, 0.25) is 5.75 Å². The minimum absolute atomic E-state index is 0.204. The van der Waals surface area contributed by atoms with Crippen molar-refractivity contribution in [1.82, 2.24) is 4.98 Å². The van der Waals surface area contributed by atoms with Gasteiger partial charge in [0.1, 0.15) is 5.02 Å². The van der Waals surface area contributed by atoms with Crippen LogP contribution in [0.3, 0.4) is 0 Å². The first-order chi connectivity index (χ1) is 7.19. The minimum Gasteiger partial charge on any atom is -0.491 e. The highest BCUT2D eigenvalue weighted by Crippen LogP contribution is 2.42. The van der Waals surface area contributed by atoms with Crippen molar-refractivity contribution >= 4 is 11.6 Å². The Morgan fingerprint density at radius 1 is 1.13 bits per heavy atom. The van der Waals surface area contributed by atoms with Gasteiger partial charge in [-0.2, -0.15) is 0 Å². The summed E-state index contributed by atoms with van der Waals surface area (Å²) in [5, 5.41) is 0.345. The second kappa shape index (κ2) is 5.04. The summed E-state index contributed by atoms with van der Waals surface area (Å²) < 4.78 is 15.3. The van der Waals surface area contributed by atoms with Crippen LogP contribution in [-0.2, 0) is 6.54 Å². The lowest BCUT2D eigenvalue weighted by Crippen LogP contribution is -2.05. The van der Waals surface area contributed by atoms with Crippen LogP contribution in [0.5, 0.6) is 17.4 Å². The van der Waals surface area contributed by atoms with E-state index in [9.17, 15) is 0 Å². The Morgan fingerprint density at radius 2 is 1.73 bits per heavy atom. The van der Waals surface area contributed by atoms with Gasteiger partial charge in [0.25, 0.3) is 5.88 Å². The third-order valence-electron chi connectivity index (χ3n) is 1.88. The quantitative estimate of drug-likeness (QED) is 0.846. The molecule has 1 rings (SSSR count). The van der Waals surface area contributed by atoms with Crippen molar-refractivity contribution in [3.63, 3.8) is 0 Å². The van der Waals surface area contributed by atoms with E-state index in [2.05, 4.69) is 4.98 Å². The zero-order valence-electron chi connectivity index (χ0n) is 8.83. The Hall–Kier alpha value is -1.20. The fourth-order valence-electron chi connectivity index (χ4n) is 1.19. The average molecular weight is 233 g/mol. The van der Waals surface area contributed by atoms with Crippen LogP contribution in [0.2, 0.25) is 5.02 Å². The largest absolute Gasteiger partial charge is 0.491 e. The molecule has 0 unspecified atom stereocenters. The number of hydrogen-bond acceptors (Lipinski definition) is 5. The molecule has 5 nitrogen and oxygen atoms in total. The molecule has 2 N–H and O–H groups in total. The molecule has 15 heavy (non-hydrogen) atoms. The maximum Gasteiger partial charge on any atom is 0.261 e. The standard InChI is InChI=1S/C9H13ClN2O3/c1-13-7-6(10)5(4-11)12-9(15-3)8(7)14-2/h4,11H2,1-3H3. The summed E-state index contributed by atoms with van der Waals surface area (Å²) in [6.07, 6.45) is 0. The summed E-state index contributed by atoms with van der Waals surface area (Å²) in [5.41, 5.74) is 6.00. The van der Waals surface area contributed by atoms with E-state index in [1.807, 2.05) is 0 Å². The summed E-state index contributed by atoms with van der Waals surface area (Å²) in [4.78, 5) is 4.10. The van der Waals surface area contributed by atoms with Crippen LogP contribution in [0, 0.1) is 0 Å². The Bertz CT molecular complexity index is 358. The van der Waals surface area contributed by atoms with Crippen molar-refractivity contribution < 1.29 is 14.2 Å². The predicted octanol–water partition coefficient (Wildman–Crippen LogP) is 1.22. The molecule has 1 heterocycles. The summed E-state index contributed by atoms with van der Waals surface area (Å²) in [5.74, 6) is 1.05. The third-order valence-corrected chi connectivity index (χ3v) is 2.27. The third kappa shape index (κ3) is 2.08. The zero-order chi connectivity index (χ0) is 11.4. The van der Waals surface area contributed by atoms with Crippen LogP contribution in [0.4, 0.5) is 0 Å². The van der Waals surface area contributed by atoms with Crippen molar-refractivity contribution in [3.05, 3.63) is 10.7 Å². The summed E-state index contributed by atoms with van der Waals surface area (Å²) in [6, 6.07) is 0. The van der Waals surface area contributed by atoms with E-state index in [-0.39, 0.29) is 6.54 Å². The fourth-order valence-corrected chi connectivity index (χ4v) is 1.47. The minimum atomic E-state index is 0.204. The van der Waals surface area contributed by atoms with Gasteiger partial charge < -0.3 is 19.9 Å². The first-order valence-corrected chi connectivity index (χ1v) is 4.61. The van der Waals surface area contributed by atoms with Gasteiger partial charge in [-0.05, 0) is 0 Å². The highest BCUT2D eigenvalue weighted by atomic mass is 35.5. The lowest BCUT2D eigenvalue weighted by Gasteiger charge is -2.14. The molecule has 1 aromatic rings. The molecule has 0 aromatic carbocycles. The Morgan fingerprint density at radius 3 is 2.13 bits per heavy atom. The lowest BCUT2D eigenvalue weighted by atomic mass is 10.3. The van der Waals surface area contributed by atoms with Crippen LogP contribution in [0.25, 0.3) is 0 Å². The van der Waals surface area contributed by atoms with Gasteiger partial charge in [0.15, 0.2) is 5.75 Å². The van der Waals surface area contributed by atoms with E-state index < -0.39 is 0 Å². The number of methoxy groups -OCH3 is 3. The van der Waals surface area contributed by atoms with Crippen LogP contribution in [0.15, 0.2) is 0 Å². The molecule has 0 aliphatic rings. The molecule has 1 aromatic heterocycles. The summed E-state index contributed by atoms with van der Waals surface area (Å²) >= 11 is 6.02. The van der Waals surface area contributed by atoms with Gasteiger partial charge in [-0.15, -0.1) is 0 Å². The van der Waals surface area contributed by atoms with E-state index in [1.165, 1.54) is 21.3 Å². The maximum atomic E-state index is 6.02. The highest BCUT2D eigenvalue weighted by molar-refractivity contribution is 6.33. The van der Waals surface area contributed by atoms with E-state index in [4.69, 9.17) is 31.5 Å². The molecule has 6 heteroatoms. The molecule has 0 saturated heterocycles. The van der Waals surface area contributed by atoms with Gasteiger partial charge in [0.05, 0.1) is 27.0 Å². The predicted molar refractivity (Wildman–Crippen MR) is 56.8 cm³/mol. The molecular weight excluding hydrogens is 220 g/mol. The van der Waals surface area contributed by atoms with E-state index in [0.717, 1.165) is 0 Å².